The molecule has 0 saturated heterocycles. The van der Waals surface area contributed by atoms with E-state index >= 15 is 0 Å². The van der Waals surface area contributed by atoms with Crippen molar-refractivity contribution >= 4 is 52.5 Å². The molecule has 2 aromatic carbocycles. The number of rotatable bonds is 5. The molecule has 0 spiro atoms. The van der Waals surface area contributed by atoms with Crippen LogP contribution in [0.15, 0.2) is 36.4 Å². The normalized spacial score (nSPS) is 15.4. The molecule has 0 aliphatic heterocycles. The minimum Gasteiger partial charge on any atom is -0.340 e. The van der Waals surface area contributed by atoms with Crippen molar-refractivity contribution in [2.45, 2.75) is 31.1 Å². The van der Waals surface area contributed by atoms with Gasteiger partial charge in [0, 0.05) is 5.56 Å². The van der Waals surface area contributed by atoms with Gasteiger partial charge in [-0.1, -0.05) is 40.9 Å². The Hall–Kier alpha value is -2.50. The second-order valence-corrected chi connectivity index (χ2v) is 8.91. The zero-order valence-corrected chi connectivity index (χ0v) is 19.8. The van der Waals surface area contributed by atoms with Crippen molar-refractivity contribution in [3.8, 4) is 0 Å². The van der Waals surface area contributed by atoms with Gasteiger partial charge >= 0.3 is 18.3 Å². The van der Waals surface area contributed by atoms with Gasteiger partial charge in [-0.05, 0) is 48.7 Å². The number of hydrogen-bond acceptors (Lipinski definition) is 3. The van der Waals surface area contributed by atoms with E-state index in [9.17, 15) is 40.3 Å². The number of benzene rings is 2. The number of allylic oxidation sites excluding steroid dienone is 1. The third-order valence-corrected chi connectivity index (χ3v) is 6.23. The Bertz CT molecular complexity index is 1200. The monoisotopic (exact) mass is 577 g/mol. The van der Waals surface area contributed by atoms with E-state index in [1.165, 1.54) is 0 Å². The van der Waals surface area contributed by atoms with Gasteiger partial charge in [0.05, 0.1) is 32.1 Å². The Labute approximate surface area is 213 Å². The lowest BCUT2D eigenvalue weighted by Crippen LogP contribution is -2.29. The molecule has 1 fully saturated rings. The summed E-state index contributed by atoms with van der Waals surface area (Å²) in [5.74, 6) is -7.06. The van der Waals surface area contributed by atoms with Crippen molar-refractivity contribution in [1.29, 1.82) is 0 Å². The van der Waals surface area contributed by atoms with E-state index in [4.69, 9.17) is 34.8 Å². The molecule has 1 aliphatic rings. The van der Waals surface area contributed by atoms with E-state index in [2.05, 4.69) is 4.84 Å². The Morgan fingerprint density at radius 2 is 1.58 bits per heavy atom. The highest BCUT2D eigenvalue weighted by molar-refractivity contribution is 6.48. The summed E-state index contributed by atoms with van der Waals surface area (Å²) in [7, 11) is 0. The number of nitrogens with one attached hydrogen (secondary N) is 1. The van der Waals surface area contributed by atoms with Crippen LogP contribution in [0.5, 0.6) is 0 Å². The van der Waals surface area contributed by atoms with Gasteiger partial charge in [-0.25, -0.2) is 9.18 Å². The molecule has 0 radical (unpaired) electrons. The fraction of sp³-hybridized carbons (Fsp3) is 0.273. The minimum atomic E-state index is -5.20. The largest absolute Gasteiger partial charge is 0.417 e. The molecular weight excluding hydrogens is 566 g/mol. The SMILES string of the molecule is O=C(NOC(=O)C1CC1)c1ccc(/C(F)=C/C(c2cc(Cl)c(Cl)c(Cl)c2)C(F)(F)F)cc1C(F)(F)F. The lowest BCUT2D eigenvalue weighted by Gasteiger charge is -2.19. The maximum Gasteiger partial charge on any atom is 0.417 e. The zero-order chi connectivity index (χ0) is 27.0. The van der Waals surface area contributed by atoms with E-state index in [0.717, 1.165) is 12.1 Å². The van der Waals surface area contributed by atoms with Crippen molar-refractivity contribution in [2.24, 2.45) is 5.92 Å². The van der Waals surface area contributed by atoms with Crippen molar-refractivity contribution in [3.63, 3.8) is 0 Å². The first-order valence-corrected chi connectivity index (χ1v) is 11.0. The summed E-state index contributed by atoms with van der Waals surface area (Å²) in [6, 6.07) is 2.99. The number of carbonyl (C=O) groups is 2. The molecule has 1 unspecified atom stereocenters. The summed E-state index contributed by atoms with van der Waals surface area (Å²) in [5.41, 5.74) is -2.61. The molecule has 36 heavy (non-hydrogen) atoms. The predicted molar refractivity (Wildman–Crippen MR) is 117 cm³/mol. The van der Waals surface area contributed by atoms with Crippen molar-refractivity contribution < 1.29 is 45.2 Å². The third kappa shape index (κ3) is 6.63. The van der Waals surface area contributed by atoms with Crippen LogP contribution >= 0.6 is 34.8 Å². The molecule has 0 bridgehead atoms. The lowest BCUT2D eigenvalue weighted by atomic mass is 9.95. The maximum atomic E-state index is 14.9. The van der Waals surface area contributed by atoms with Crippen molar-refractivity contribution in [1.82, 2.24) is 5.48 Å². The molecule has 1 amide bonds. The van der Waals surface area contributed by atoms with Crippen LogP contribution in [0.3, 0.4) is 0 Å². The molecule has 1 aliphatic carbocycles. The quantitative estimate of drug-likeness (QED) is 0.223. The number of carbonyl (C=O) groups excluding carboxylic acids is 2. The molecule has 1 saturated carbocycles. The second kappa shape index (κ2) is 10.5. The topological polar surface area (TPSA) is 55.4 Å². The maximum absolute atomic E-state index is 14.9. The van der Waals surface area contributed by atoms with Crippen LogP contribution in [-0.2, 0) is 15.8 Å². The van der Waals surface area contributed by atoms with E-state index in [0.29, 0.717) is 25.0 Å². The summed E-state index contributed by atoms with van der Waals surface area (Å²) in [5, 5.41) is -0.933. The number of hydroxylamine groups is 1. The van der Waals surface area contributed by atoms with Crippen molar-refractivity contribution in [3.05, 3.63) is 73.7 Å². The molecule has 0 aromatic heterocycles. The van der Waals surface area contributed by atoms with Gasteiger partial charge in [-0.3, -0.25) is 4.79 Å². The fourth-order valence-corrected chi connectivity index (χ4v) is 3.67. The van der Waals surface area contributed by atoms with Gasteiger partial charge in [0.1, 0.15) is 11.7 Å². The van der Waals surface area contributed by atoms with Crippen LogP contribution in [0, 0.1) is 5.92 Å². The fourth-order valence-electron chi connectivity index (χ4n) is 3.06. The van der Waals surface area contributed by atoms with Crippen LogP contribution in [0.1, 0.15) is 45.8 Å². The van der Waals surface area contributed by atoms with E-state index in [-0.39, 0.29) is 27.2 Å². The number of halogens is 10. The minimum absolute atomic E-state index is 0.0442. The average Bonchev–Trinajstić information content (AvgIpc) is 3.62. The van der Waals surface area contributed by atoms with Gasteiger partial charge in [-0.15, -0.1) is 0 Å². The first-order valence-electron chi connectivity index (χ1n) is 9.90. The Balaban J connectivity index is 1.97. The van der Waals surface area contributed by atoms with E-state index in [1.807, 2.05) is 0 Å². The average molecular weight is 579 g/mol. The van der Waals surface area contributed by atoms with E-state index in [1.54, 1.807) is 5.48 Å². The molecule has 2 aromatic rings. The van der Waals surface area contributed by atoms with Gasteiger partial charge in [0.25, 0.3) is 5.91 Å². The number of amides is 1. The van der Waals surface area contributed by atoms with Gasteiger partial charge < -0.3 is 4.84 Å². The summed E-state index contributed by atoms with van der Waals surface area (Å²) >= 11 is 17.2. The molecule has 194 valence electrons. The summed E-state index contributed by atoms with van der Waals surface area (Å²) < 4.78 is 96.7. The first kappa shape index (κ1) is 28.1. The van der Waals surface area contributed by atoms with Gasteiger partial charge in [-0.2, -0.15) is 31.8 Å². The summed E-state index contributed by atoms with van der Waals surface area (Å²) in [6.45, 7) is 0. The standard InChI is InChI=1S/C22H13Cl3F7NO3/c23-15-6-11(7-16(24)18(15)25)13(21(27,28)29)8-17(26)10-3-4-12(14(5-10)22(30,31)32)19(34)33-36-20(35)9-1-2-9/h3-9,13H,1-2H2,(H,33,34)/b17-8-. The Morgan fingerprint density at radius 1 is 1.00 bits per heavy atom. The zero-order valence-electron chi connectivity index (χ0n) is 17.5. The molecule has 4 nitrogen and oxygen atoms in total. The third-order valence-electron chi connectivity index (χ3n) is 5.03. The Morgan fingerprint density at radius 3 is 2.08 bits per heavy atom. The summed E-state index contributed by atoms with van der Waals surface area (Å²) in [4.78, 5) is 28.1. The van der Waals surface area contributed by atoms with Crippen LogP contribution in [0.4, 0.5) is 30.7 Å². The highest BCUT2D eigenvalue weighted by Gasteiger charge is 2.41. The smallest absolute Gasteiger partial charge is 0.340 e. The van der Waals surface area contributed by atoms with Crippen molar-refractivity contribution in [2.75, 3.05) is 0 Å². The lowest BCUT2D eigenvalue weighted by molar-refractivity contribution is -0.150. The Kier molecular flexibility index (Phi) is 8.17. The first-order chi connectivity index (χ1) is 16.6. The van der Waals surface area contributed by atoms with Gasteiger partial charge in [0.15, 0.2) is 0 Å². The van der Waals surface area contributed by atoms with Crippen LogP contribution < -0.4 is 5.48 Å². The summed E-state index contributed by atoms with van der Waals surface area (Å²) in [6.07, 6.45) is -9.23. The molecule has 1 atom stereocenters. The molecule has 14 heteroatoms. The number of hydrogen-bond donors (Lipinski definition) is 1. The molecule has 0 heterocycles. The van der Waals surface area contributed by atoms with Crippen LogP contribution in [0.2, 0.25) is 15.1 Å². The van der Waals surface area contributed by atoms with E-state index < -0.39 is 64.1 Å². The molecule has 1 N–H and O–H groups in total. The predicted octanol–water partition coefficient (Wildman–Crippen LogP) is 7.92. The highest BCUT2D eigenvalue weighted by Crippen LogP contribution is 2.43. The van der Waals surface area contributed by atoms with Gasteiger partial charge in [0.2, 0.25) is 0 Å². The number of alkyl halides is 6. The van der Waals surface area contributed by atoms with Crippen LogP contribution in [0.25, 0.3) is 5.83 Å². The highest BCUT2D eigenvalue weighted by atomic mass is 35.5. The molecule has 3 rings (SSSR count). The molecular formula is C22H13Cl3F7NO3. The van der Waals surface area contributed by atoms with Crippen LogP contribution in [-0.4, -0.2) is 18.1 Å². The second-order valence-electron chi connectivity index (χ2n) is 7.72.